The SMILES string of the molecule is CCCCCCCCCCCCCCCCCC(=O)NC(C)(NC(=O)CCCCCCCCCCCCCCCCC)N(C)C. The fraction of sp³-hybridized carbons (Fsp3) is 0.950. The van der Waals surface area contributed by atoms with Gasteiger partial charge in [-0.3, -0.25) is 14.5 Å². The van der Waals surface area contributed by atoms with Gasteiger partial charge in [-0.2, -0.15) is 0 Å². The second kappa shape index (κ2) is 32.8. The Labute approximate surface area is 282 Å². The van der Waals surface area contributed by atoms with Gasteiger partial charge in [0.05, 0.1) is 0 Å². The van der Waals surface area contributed by atoms with Crippen LogP contribution in [0.4, 0.5) is 0 Å². The topological polar surface area (TPSA) is 61.4 Å². The molecule has 0 saturated heterocycles. The van der Waals surface area contributed by atoms with E-state index in [2.05, 4.69) is 24.5 Å². The Morgan fingerprint density at radius 3 is 0.800 bits per heavy atom. The van der Waals surface area contributed by atoms with E-state index in [0.717, 1.165) is 25.7 Å². The first-order chi connectivity index (χ1) is 21.9. The molecular weight excluding hydrogens is 554 g/mol. The van der Waals surface area contributed by atoms with Crippen LogP contribution < -0.4 is 10.6 Å². The minimum atomic E-state index is -0.848. The van der Waals surface area contributed by atoms with Crippen LogP contribution in [0.2, 0.25) is 0 Å². The van der Waals surface area contributed by atoms with E-state index in [-0.39, 0.29) is 11.8 Å². The van der Waals surface area contributed by atoms with Crippen LogP contribution in [-0.4, -0.2) is 36.6 Å². The summed E-state index contributed by atoms with van der Waals surface area (Å²) < 4.78 is 0. The average Bonchev–Trinajstić information content (AvgIpc) is 3.00. The lowest BCUT2D eigenvalue weighted by Gasteiger charge is -2.38. The Bertz CT molecular complexity index is 603. The van der Waals surface area contributed by atoms with E-state index in [0.29, 0.717) is 12.8 Å². The van der Waals surface area contributed by atoms with Crippen LogP contribution in [0.3, 0.4) is 0 Å². The first-order valence-electron chi connectivity index (χ1n) is 20.1. The lowest BCUT2D eigenvalue weighted by Crippen LogP contribution is -2.66. The van der Waals surface area contributed by atoms with E-state index < -0.39 is 5.79 Å². The number of nitrogens with one attached hydrogen (secondary N) is 2. The molecule has 0 aromatic carbocycles. The third-order valence-electron chi connectivity index (χ3n) is 9.67. The van der Waals surface area contributed by atoms with Crippen molar-refractivity contribution in [1.29, 1.82) is 0 Å². The predicted molar refractivity (Wildman–Crippen MR) is 197 cm³/mol. The summed E-state index contributed by atoms with van der Waals surface area (Å²) >= 11 is 0. The zero-order chi connectivity index (χ0) is 33.3. The van der Waals surface area contributed by atoms with E-state index in [4.69, 9.17) is 0 Å². The molecule has 0 fully saturated rings. The Kier molecular flexibility index (Phi) is 32.0. The summed E-state index contributed by atoms with van der Waals surface area (Å²) in [6.45, 7) is 6.45. The van der Waals surface area contributed by atoms with E-state index in [9.17, 15) is 9.59 Å². The Morgan fingerprint density at radius 2 is 0.600 bits per heavy atom. The Hall–Kier alpha value is -1.10. The number of carbonyl (C=O) groups excluding carboxylic acids is 2. The molecule has 0 radical (unpaired) electrons. The van der Waals surface area contributed by atoms with E-state index in [1.165, 1.54) is 167 Å². The summed E-state index contributed by atoms with van der Waals surface area (Å²) in [6.07, 6.45) is 40.7. The van der Waals surface area contributed by atoms with E-state index >= 15 is 0 Å². The molecule has 5 nitrogen and oxygen atoms in total. The first kappa shape index (κ1) is 43.9. The van der Waals surface area contributed by atoms with Crippen molar-refractivity contribution < 1.29 is 9.59 Å². The van der Waals surface area contributed by atoms with Crippen molar-refractivity contribution in [3.63, 3.8) is 0 Å². The molecule has 0 saturated carbocycles. The number of nitrogens with zero attached hydrogens (tertiary/aromatic N) is 1. The smallest absolute Gasteiger partial charge is 0.222 e. The quantitative estimate of drug-likeness (QED) is 0.0538. The Balaban J connectivity index is 3.76. The van der Waals surface area contributed by atoms with E-state index in [1.54, 1.807) is 0 Å². The highest BCUT2D eigenvalue weighted by Crippen LogP contribution is 2.16. The third-order valence-corrected chi connectivity index (χ3v) is 9.67. The summed E-state index contributed by atoms with van der Waals surface area (Å²) in [4.78, 5) is 27.3. The third kappa shape index (κ3) is 30.0. The summed E-state index contributed by atoms with van der Waals surface area (Å²) in [5, 5.41) is 6.16. The van der Waals surface area contributed by atoms with Gasteiger partial charge >= 0.3 is 0 Å². The van der Waals surface area contributed by atoms with Gasteiger partial charge in [0.2, 0.25) is 11.8 Å². The molecular formula is C40H81N3O2. The number of carbonyl (C=O) groups is 2. The lowest BCUT2D eigenvalue weighted by atomic mass is 10.0. The second-order valence-corrected chi connectivity index (χ2v) is 14.5. The lowest BCUT2D eigenvalue weighted by molar-refractivity contribution is -0.130. The molecule has 0 atom stereocenters. The van der Waals surface area contributed by atoms with Gasteiger partial charge in [0, 0.05) is 12.8 Å². The fourth-order valence-electron chi connectivity index (χ4n) is 6.24. The fourth-order valence-corrected chi connectivity index (χ4v) is 6.24. The van der Waals surface area contributed by atoms with Gasteiger partial charge in [-0.15, -0.1) is 0 Å². The normalized spacial score (nSPS) is 11.8. The second-order valence-electron chi connectivity index (χ2n) is 14.5. The van der Waals surface area contributed by atoms with Crippen molar-refractivity contribution in [1.82, 2.24) is 15.5 Å². The number of rotatable bonds is 35. The van der Waals surface area contributed by atoms with Gasteiger partial charge < -0.3 is 10.6 Å². The van der Waals surface area contributed by atoms with Crippen LogP contribution in [0.5, 0.6) is 0 Å². The van der Waals surface area contributed by atoms with Crippen molar-refractivity contribution in [2.75, 3.05) is 14.1 Å². The molecule has 268 valence electrons. The largest absolute Gasteiger partial charge is 0.321 e. The van der Waals surface area contributed by atoms with Crippen LogP contribution in [0.25, 0.3) is 0 Å². The van der Waals surface area contributed by atoms with E-state index in [1.807, 2.05) is 25.9 Å². The minimum Gasteiger partial charge on any atom is -0.321 e. The summed E-state index contributed by atoms with van der Waals surface area (Å²) in [5.41, 5.74) is 0. The molecule has 0 aliphatic rings. The molecule has 5 heteroatoms. The monoisotopic (exact) mass is 636 g/mol. The molecule has 2 N–H and O–H groups in total. The van der Waals surface area contributed by atoms with Crippen LogP contribution in [-0.2, 0) is 9.59 Å². The van der Waals surface area contributed by atoms with Crippen LogP contribution in [0.1, 0.15) is 226 Å². The maximum absolute atomic E-state index is 12.7. The summed E-state index contributed by atoms with van der Waals surface area (Å²) in [6, 6.07) is 0. The molecule has 0 aliphatic heterocycles. The van der Waals surface area contributed by atoms with Gasteiger partial charge in [-0.1, -0.05) is 194 Å². The highest BCUT2D eigenvalue weighted by atomic mass is 16.2. The molecule has 0 unspecified atom stereocenters. The minimum absolute atomic E-state index is 0.0215. The van der Waals surface area contributed by atoms with Gasteiger partial charge in [-0.05, 0) is 33.9 Å². The zero-order valence-electron chi connectivity index (χ0n) is 31.4. The zero-order valence-corrected chi connectivity index (χ0v) is 31.4. The number of hydrogen-bond acceptors (Lipinski definition) is 3. The highest BCUT2D eigenvalue weighted by Gasteiger charge is 2.30. The van der Waals surface area contributed by atoms with Crippen molar-refractivity contribution in [3.8, 4) is 0 Å². The van der Waals surface area contributed by atoms with Crippen LogP contribution in [0.15, 0.2) is 0 Å². The van der Waals surface area contributed by atoms with Crippen molar-refractivity contribution in [2.24, 2.45) is 0 Å². The maximum atomic E-state index is 12.7. The molecule has 0 bridgehead atoms. The molecule has 0 rings (SSSR count). The van der Waals surface area contributed by atoms with Gasteiger partial charge in [0.1, 0.15) is 0 Å². The maximum Gasteiger partial charge on any atom is 0.222 e. The van der Waals surface area contributed by atoms with Gasteiger partial charge in [0.15, 0.2) is 5.79 Å². The number of unbranched alkanes of at least 4 members (excludes halogenated alkanes) is 28. The van der Waals surface area contributed by atoms with Crippen molar-refractivity contribution in [3.05, 3.63) is 0 Å². The molecule has 2 amide bonds. The van der Waals surface area contributed by atoms with Gasteiger partial charge in [-0.25, -0.2) is 0 Å². The predicted octanol–water partition coefficient (Wildman–Crippen LogP) is 12.0. The number of hydrogen-bond donors (Lipinski definition) is 2. The summed E-state index contributed by atoms with van der Waals surface area (Å²) in [7, 11) is 3.81. The number of amides is 2. The Morgan fingerprint density at radius 1 is 0.400 bits per heavy atom. The first-order valence-corrected chi connectivity index (χ1v) is 20.1. The standard InChI is InChI=1S/C40H81N3O2/c1-6-8-10-12-14-16-18-20-22-24-26-28-30-32-34-36-38(44)41-40(3,43(4)5)42-39(45)37-35-33-31-29-27-25-23-21-19-17-15-13-11-9-7-2/h6-37H2,1-5H3,(H,41,44)(H,42,45). The molecule has 45 heavy (non-hydrogen) atoms. The van der Waals surface area contributed by atoms with Crippen LogP contribution in [0, 0.1) is 0 Å². The molecule has 0 aromatic rings. The molecule has 0 spiro atoms. The molecule has 0 aromatic heterocycles. The highest BCUT2D eigenvalue weighted by molar-refractivity contribution is 5.80. The van der Waals surface area contributed by atoms with Crippen molar-refractivity contribution >= 4 is 11.8 Å². The average molecular weight is 636 g/mol. The molecule has 0 aliphatic carbocycles. The molecule has 0 heterocycles. The summed E-state index contributed by atoms with van der Waals surface area (Å²) in [5.74, 6) is -0.805. The van der Waals surface area contributed by atoms with Crippen LogP contribution >= 0.6 is 0 Å². The van der Waals surface area contributed by atoms with Crippen molar-refractivity contribution in [2.45, 2.75) is 232 Å². The van der Waals surface area contributed by atoms with Gasteiger partial charge in [0.25, 0.3) is 0 Å².